The Kier molecular flexibility index (Phi) is 2.65. The lowest BCUT2D eigenvalue weighted by atomic mass is 10.2. The zero-order chi connectivity index (χ0) is 11.8. The van der Waals surface area contributed by atoms with E-state index in [1.165, 1.54) is 0 Å². The van der Waals surface area contributed by atoms with Crippen LogP contribution in [0.4, 0.5) is 0 Å². The molecule has 17 heavy (non-hydrogen) atoms. The zero-order valence-corrected chi connectivity index (χ0v) is 11.0. The molecule has 0 saturated carbocycles. The molecule has 2 nitrogen and oxygen atoms in total. The summed E-state index contributed by atoms with van der Waals surface area (Å²) in [6.07, 6.45) is 0. The number of hydrogen-bond donors (Lipinski definition) is 0. The van der Waals surface area contributed by atoms with Crippen LogP contribution in [0.25, 0.3) is 22.4 Å². The Morgan fingerprint density at radius 2 is 1.94 bits per heavy atom. The predicted molar refractivity (Wildman–Crippen MR) is 72.2 cm³/mol. The van der Waals surface area contributed by atoms with E-state index < -0.39 is 0 Å². The number of halogens is 2. The minimum absolute atomic E-state index is 0.615. The highest BCUT2D eigenvalue weighted by molar-refractivity contribution is 9.10. The Bertz CT molecular complexity index is 693. The first-order chi connectivity index (χ1) is 8.24. The normalized spacial score (nSPS) is 10.9. The van der Waals surface area contributed by atoms with Gasteiger partial charge < -0.3 is 4.42 Å². The molecule has 0 amide bonds. The average Bonchev–Trinajstić information content (AvgIpc) is 2.74. The molecule has 3 aromatic rings. The van der Waals surface area contributed by atoms with Gasteiger partial charge in [-0.05, 0) is 40.2 Å². The summed E-state index contributed by atoms with van der Waals surface area (Å²) < 4.78 is 6.50. The molecule has 0 aliphatic heterocycles. The molecule has 0 radical (unpaired) electrons. The van der Waals surface area contributed by atoms with Gasteiger partial charge in [0.1, 0.15) is 10.3 Å². The van der Waals surface area contributed by atoms with Crippen LogP contribution in [0.1, 0.15) is 0 Å². The molecule has 0 spiro atoms. The number of benzene rings is 1. The van der Waals surface area contributed by atoms with Gasteiger partial charge in [-0.1, -0.05) is 29.8 Å². The molecule has 2 aromatic heterocycles. The van der Waals surface area contributed by atoms with Gasteiger partial charge in [0.15, 0.2) is 11.3 Å². The number of aromatic nitrogens is 1. The monoisotopic (exact) mass is 307 g/mol. The van der Waals surface area contributed by atoms with E-state index in [4.69, 9.17) is 16.0 Å². The van der Waals surface area contributed by atoms with Crippen LogP contribution in [-0.2, 0) is 0 Å². The molecule has 1 aromatic carbocycles. The molecule has 0 atom stereocenters. The van der Waals surface area contributed by atoms with Gasteiger partial charge >= 0.3 is 0 Å². The van der Waals surface area contributed by atoms with Crippen LogP contribution < -0.4 is 0 Å². The van der Waals surface area contributed by atoms with Crippen molar-refractivity contribution in [2.45, 2.75) is 0 Å². The summed E-state index contributed by atoms with van der Waals surface area (Å²) in [5, 5.41) is 1.60. The van der Waals surface area contributed by atoms with Gasteiger partial charge in [0, 0.05) is 5.39 Å². The van der Waals surface area contributed by atoms with Crippen molar-refractivity contribution in [2.75, 3.05) is 0 Å². The van der Waals surface area contributed by atoms with Gasteiger partial charge in [-0.15, -0.1) is 0 Å². The van der Waals surface area contributed by atoms with Crippen LogP contribution in [0.5, 0.6) is 0 Å². The smallest absolute Gasteiger partial charge is 0.153 e. The third-order valence-electron chi connectivity index (χ3n) is 2.46. The van der Waals surface area contributed by atoms with Gasteiger partial charge in [0.25, 0.3) is 0 Å². The molecular formula is C13H7BrClNO. The SMILES string of the molecule is Clc1cccc2cc(-c3cccc(Br)n3)oc12. The number of pyridine rings is 1. The van der Waals surface area contributed by atoms with Crippen molar-refractivity contribution in [2.24, 2.45) is 0 Å². The van der Waals surface area contributed by atoms with E-state index in [2.05, 4.69) is 20.9 Å². The second-order valence-electron chi connectivity index (χ2n) is 3.61. The van der Waals surface area contributed by atoms with E-state index in [-0.39, 0.29) is 0 Å². The van der Waals surface area contributed by atoms with E-state index in [1.54, 1.807) is 0 Å². The van der Waals surface area contributed by atoms with Crippen molar-refractivity contribution in [3.8, 4) is 11.5 Å². The fraction of sp³-hybridized carbons (Fsp3) is 0. The van der Waals surface area contributed by atoms with Crippen LogP contribution in [0.15, 0.2) is 51.5 Å². The van der Waals surface area contributed by atoms with Crippen molar-refractivity contribution in [1.82, 2.24) is 4.98 Å². The van der Waals surface area contributed by atoms with Crippen LogP contribution in [-0.4, -0.2) is 4.98 Å². The Balaban J connectivity index is 2.22. The largest absolute Gasteiger partial charge is 0.453 e. The molecule has 0 bridgehead atoms. The third-order valence-corrected chi connectivity index (χ3v) is 3.20. The average molecular weight is 309 g/mol. The van der Waals surface area contributed by atoms with Crippen LogP contribution >= 0.6 is 27.5 Å². The van der Waals surface area contributed by atoms with E-state index in [0.29, 0.717) is 10.6 Å². The lowest BCUT2D eigenvalue weighted by Gasteiger charge is -1.95. The highest BCUT2D eigenvalue weighted by Crippen LogP contribution is 2.31. The third kappa shape index (κ3) is 1.96. The van der Waals surface area contributed by atoms with Crippen LogP contribution in [0.2, 0.25) is 5.02 Å². The first-order valence-electron chi connectivity index (χ1n) is 5.05. The quantitative estimate of drug-likeness (QED) is 0.597. The lowest BCUT2D eigenvalue weighted by molar-refractivity contribution is 0.628. The van der Waals surface area contributed by atoms with Crippen LogP contribution in [0, 0.1) is 0 Å². The van der Waals surface area contributed by atoms with Crippen molar-refractivity contribution < 1.29 is 4.42 Å². The molecule has 3 rings (SSSR count). The summed E-state index contributed by atoms with van der Waals surface area (Å²) in [7, 11) is 0. The number of hydrogen-bond acceptors (Lipinski definition) is 2. The summed E-state index contributed by atoms with van der Waals surface area (Å²) in [6, 6.07) is 13.3. The first-order valence-corrected chi connectivity index (χ1v) is 6.22. The molecule has 0 N–H and O–H groups in total. The molecule has 0 aliphatic rings. The molecule has 0 saturated heterocycles. The maximum atomic E-state index is 6.07. The minimum Gasteiger partial charge on any atom is -0.453 e. The number of fused-ring (bicyclic) bond motifs is 1. The standard InChI is InChI=1S/C13H7BrClNO/c14-12-6-2-5-10(16-12)11-7-8-3-1-4-9(15)13(8)17-11/h1-7H. The molecule has 2 heterocycles. The Labute approximate surface area is 111 Å². The second-order valence-corrected chi connectivity index (χ2v) is 4.83. The lowest BCUT2D eigenvalue weighted by Crippen LogP contribution is -1.80. The Morgan fingerprint density at radius 3 is 2.71 bits per heavy atom. The zero-order valence-electron chi connectivity index (χ0n) is 8.65. The fourth-order valence-electron chi connectivity index (χ4n) is 1.70. The highest BCUT2D eigenvalue weighted by atomic mass is 79.9. The maximum Gasteiger partial charge on any atom is 0.153 e. The second kappa shape index (κ2) is 4.17. The summed E-state index contributed by atoms with van der Waals surface area (Å²) in [5.41, 5.74) is 1.48. The van der Waals surface area contributed by atoms with Crippen molar-refractivity contribution >= 4 is 38.5 Å². The predicted octanol–water partition coefficient (Wildman–Crippen LogP) is 4.91. The number of para-hydroxylation sites is 1. The molecule has 0 unspecified atom stereocenters. The number of rotatable bonds is 1. The molecule has 84 valence electrons. The number of furan rings is 1. The Morgan fingerprint density at radius 1 is 1.12 bits per heavy atom. The Hall–Kier alpha value is -1.32. The van der Waals surface area contributed by atoms with Gasteiger partial charge in [-0.3, -0.25) is 0 Å². The molecular weight excluding hydrogens is 302 g/mol. The molecule has 0 aliphatic carbocycles. The van der Waals surface area contributed by atoms with Gasteiger partial charge in [-0.2, -0.15) is 0 Å². The summed E-state index contributed by atoms with van der Waals surface area (Å²) in [5.74, 6) is 0.717. The van der Waals surface area contributed by atoms with E-state index in [0.717, 1.165) is 21.4 Å². The highest BCUT2D eigenvalue weighted by Gasteiger charge is 2.09. The summed E-state index contributed by atoms with van der Waals surface area (Å²) >= 11 is 9.40. The van der Waals surface area contributed by atoms with Crippen LogP contribution in [0.3, 0.4) is 0 Å². The van der Waals surface area contributed by atoms with Gasteiger partial charge in [-0.25, -0.2) is 4.98 Å². The maximum absolute atomic E-state index is 6.07. The van der Waals surface area contributed by atoms with Crippen molar-refractivity contribution in [3.05, 3.63) is 52.1 Å². The number of nitrogens with zero attached hydrogens (tertiary/aromatic N) is 1. The van der Waals surface area contributed by atoms with E-state index in [1.807, 2.05) is 42.5 Å². The first kappa shape index (κ1) is 10.8. The molecule has 4 heteroatoms. The van der Waals surface area contributed by atoms with E-state index in [9.17, 15) is 0 Å². The summed E-state index contributed by atoms with van der Waals surface area (Å²) in [6.45, 7) is 0. The van der Waals surface area contributed by atoms with Gasteiger partial charge in [0.2, 0.25) is 0 Å². The minimum atomic E-state index is 0.615. The van der Waals surface area contributed by atoms with Crippen molar-refractivity contribution in [1.29, 1.82) is 0 Å². The molecule has 0 fully saturated rings. The summed E-state index contributed by atoms with van der Waals surface area (Å²) in [4.78, 5) is 4.35. The van der Waals surface area contributed by atoms with Gasteiger partial charge in [0.05, 0.1) is 5.02 Å². The van der Waals surface area contributed by atoms with E-state index >= 15 is 0 Å². The topological polar surface area (TPSA) is 26.0 Å². The fourth-order valence-corrected chi connectivity index (χ4v) is 2.26. The van der Waals surface area contributed by atoms with Crippen molar-refractivity contribution in [3.63, 3.8) is 0 Å².